The van der Waals surface area contributed by atoms with E-state index in [1.54, 1.807) is 18.2 Å². The van der Waals surface area contributed by atoms with E-state index in [4.69, 9.17) is 33.2 Å². The highest BCUT2D eigenvalue weighted by molar-refractivity contribution is 6.32. The van der Waals surface area contributed by atoms with Crippen molar-refractivity contribution in [3.05, 3.63) is 63.2 Å². The first kappa shape index (κ1) is 15.1. The summed E-state index contributed by atoms with van der Waals surface area (Å²) in [5.74, 6) is 0.786. The quantitative estimate of drug-likeness (QED) is 0.458. The minimum atomic E-state index is -0.782. The van der Waals surface area contributed by atoms with Gasteiger partial charge in [-0.1, -0.05) is 17.7 Å². The van der Waals surface area contributed by atoms with Crippen LogP contribution in [0, 0.1) is 21.4 Å². The SMILES string of the molecule is N#CC(Cl)c1ccc(Oc2ccc([N+](=O)[O-])cc2)c(Cl)c1. The molecule has 1 unspecified atom stereocenters. The Morgan fingerprint density at radius 3 is 2.43 bits per heavy atom. The lowest BCUT2D eigenvalue weighted by Crippen LogP contribution is -1.91. The zero-order valence-corrected chi connectivity index (χ0v) is 12.0. The van der Waals surface area contributed by atoms with Gasteiger partial charge in [0.2, 0.25) is 0 Å². The zero-order valence-electron chi connectivity index (χ0n) is 10.5. The molecular weight excluding hydrogens is 315 g/mol. The third-order valence-electron chi connectivity index (χ3n) is 2.64. The van der Waals surface area contributed by atoms with Crippen LogP contribution in [0.1, 0.15) is 10.9 Å². The van der Waals surface area contributed by atoms with Crippen LogP contribution in [0.25, 0.3) is 0 Å². The molecule has 5 nitrogen and oxygen atoms in total. The average molecular weight is 323 g/mol. The Balaban J connectivity index is 2.20. The number of nitriles is 1. The summed E-state index contributed by atoms with van der Waals surface area (Å²) in [6, 6.07) is 12.3. The Kier molecular flexibility index (Phi) is 4.63. The van der Waals surface area contributed by atoms with Crippen molar-refractivity contribution in [3.8, 4) is 17.6 Å². The Morgan fingerprint density at radius 1 is 1.24 bits per heavy atom. The monoisotopic (exact) mass is 322 g/mol. The fourth-order valence-electron chi connectivity index (χ4n) is 1.59. The van der Waals surface area contributed by atoms with Crippen molar-refractivity contribution in [2.75, 3.05) is 0 Å². The van der Waals surface area contributed by atoms with Gasteiger partial charge in [-0.3, -0.25) is 10.1 Å². The van der Waals surface area contributed by atoms with Gasteiger partial charge >= 0.3 is 0 Å². The van der Waals surface area contributed by atoms with Crippen LogP contribution in [0.15, 0.2) is 42.5 Å². The molecule has 0 fully saturated rings. The number of nitro benzene ring substituents is 1. The molecule has 0 bridgehead atoms. The number of hydrogen-bond donors (Lipinski definition) is 0. The maximum absolute atomic E-state index is 10.6. The van der Waals surface area contributed by atoms with E-state index in [2.05, 4.69) is 0 Å². The molecule has 0 N–H and O–H groups in total. The molecule has 2 aromatic carbocycles. The van der Waals surface area contributed by atoms with E-state index in [-0.39, 0.29) is 5.69 Å². The van der Waals surface area contributed by atoms with E-state index in [0.717, 1.165) is 0 Å². The fraction of sp³-hybridized carbons (Fsp3) is 0.0714. The number of non-ortho nitro benzene ring substituents is 1. The molecule has 0 saturated heterocycles. The van der Waals surface area contributed by atoms with Gasteiger partial charge < -0.3 is 4.74 Å². The highest BCUT2D eigenvalue weighted by Gasteiger charge is 2.11. The largest absolute Gasteiger partial charge is 0.456 e. The lowest BCUT2D eigenvalue weighted by Gasteiger charge is -2.09. The Labute approximate surface area is 130 Å². The summed E-state index contributed by atoms with van der Waals surface area (Å²) < 4.78 is 5.53. The first-order chi connectivity index (χ1) is 10.0. The van der Waals surface area contributed by atoms with Crippen LogP contribution in [0.2, 0.25) is 5.02 Å². The molecular formula is C14H8Cl2N2O3. The number of hydrogen-bond acceptors (Lipinski definition) is 4. The summed E-state index contributed by atoms with van der Waals surface area (Å²) in [7, 11) is 0. The fourth-order valence-corrected chi connectivity index (χ4v) is 1.96. The third-order valence-corrected chi connectivity index (χ3v) is 3.28. The molecule has 0 radical (unpaired) electrons. The predicted molar refractivity (Wildman–Crippen MR) is 78.8 cm³/mol. The number of nitro groups is 1. The van der Waals surface area contributed by atoms with Crippen molar-refractivity contribution >= 4 is 28.9 Å². The number of benzene rings is 2. The van der Waals surface area contributed by atoms with Crippen molar-refractivity contribution in [1.82, 2.24) is 0 Å². The van der Waals surface area contributed by atoms with Crippen LogP contribution in [-0.2, 0) is 0 Å². The normalized spacial score (nSPS) is 11.5. The van der Waals surface area contributed by atoms with Gasteiger partial charge in [0, 0.05) is 12.1 Å². The van der Waals surface area contributed by atoms with Crippen LogP contribution in [-0.4, -0.2) is 4.92 Å². The van der Waals surface area contributed by atoms with E-state index in [1.807, 2.05) is 6.07 Å². The Morgan fingerprint density at radius 2 is 1.90 bits per heavy atom. The number of alkyl halides is 1. The smallest absolute Gasteiger partial charge is 0.269 e. The Bertz CT molecular complexity index is 711. The second-order valence-electron chi connectivity index (χ2n) is 4.03. The summed E-state index contributed by atoms with van der Waals surface area (Å²) >= 11 is 11.9. The molecule has 0 amide bonds. The second kappa shape index (κ2) is 6.44. The van der Waals surface area contributed by atoms with E-state index in [9.17, 15) is 10.1 Å². The second-order valence-corrected chi connectivity index (χ2v) is 4.88. The van der Waals surface area contributed by atoms with E-state index in [0.29, 0.717) is 22.1 Å². The summed E-state index contributed by atoms with van der Waals surface area (Å²) in [5.41, 5.74) is 0.544. The minimum Gasteiger partial charge on any atom is -0.456 e. The molecule has 2 aromatic rings. The number of rotatable bonds is 4. The van der Waals surface area contributed by atoms with Crippen LogP contribution in [0.3, 0.4) is 0 Å². The van der Waals surface area contributed by atoms with E-state index in [1.165, 1.54) is 24.3 Å². The van der Waals surface area contributed by atoms with Crippen molar-refractivity contribution in [2.45, 2.75) is 5.38 Å². The van der Waals surface area contributed by atoms with Crippen molar-refractivity contribution < 1.29 is 9.66 Å². The summed E-state index contributed by atoms with van der Waals surface area (Å²) in [6.45, 7) is 0. The number of nitrogens with zero attached hydrogens (tertiary/aromatic N) is 2. The lowest BCUT2D eigenvalue weighted by molar-refractivity contribution is -0.384. The minimum absolute atomic E-state index is 0.0252. The van der Waals surface area contributed by atoms with Crippen LogP contribution in [0.5, 0.6) is 11.5 Å². The van der Waals surface area contributed by atoms with E-state index >= 15 is 0 Å². The van der Waals surface area contributed by atoms with Crippen LogP contribution >= 0.6 is 23.2 Å². The Hall–Kier alpha value is -2.29. The topological polar surface area (TPSA) is 76.2 Å². The molecule has 0 heterocycles. The molecule has 0 aliphatic heterocycles. The molecule has 0 aliphatic carbocycles. The van der Waals surface area contributed by atoms with Gasteiger partial charge in [-0.15, -0.1) is 11.6 Å². The number of ether oxygens (including phenoxy) is 1. The molecule has 1 atom stereocenters. The van der Waals surface area contributed by atoms with Crippen molar-refractivity contribution in [3.63, 3.8) is 0 Å². The summed E-state index contributed by atoms with van der Waals surface area (Å²) in [6.07, 6.45) is 0. The highest BCUT2D eigenvalue weighted by atomic mass is 35.5. The van der Waals surface area contributed by atoms with Gasteiger partial charge in [0.05, 0.1) is 16.0 Å². The van der Waals surface area contributed by atoms with Crippen molar-refractivity contribution in [1.29, 1.82) is 5.26 Å². The van der Waals surface area contributed by atoms with Crippen LogP contribution in [0.4, 0.5) is 5.69 Å². The molecule has 106 valence electrons. The molecule has 0 aliphatic rings. The van der Waals surface area contributed by atoms with Gasteiger partial charge in [0.15, 0.2) is 0 Å². The van der Waals surface area contributed by atoms with Gasteiger partial charge in [-0.25, -0.2) is 0 Å². The third kappa shape index (κ3) is 3.63. The molecule has 2 rings (SSSR count). The first-order valence-electron chi connectivity index (χ1n) is 5.76. The van der Waals surface area contributed by atoms with Gasteiger partial charge in [-0.2, -0.15) is 5.26 Å². The van der Waals surface area contributed by atoms with Gasteiger partial charge in [0.25, 0.3) is 5.69 Å². The highest BCUT2D eigenvalue weighted by Crippen LogP contribution is 2.33. The predicted octanol–water partition coefficient (Wildman–Crippen LogP) is 4.84. The average Bonchev–Trinajstić information content (AvgIpc) is 2.49. The molecule has 7 heteroatoms. The molecule has 0 spiro atoms. The summed E-state index contributed by atoms with van der Waals surface area (Å²) in [4.78, 5) is 10.1. The maximum Gasteiger partial charge on any atom is 0.269 e. The molecule has 0 aromatic heterocycles. The molecule has 0 saturated carbocycles. The standard InChI is InChI=1S/C14H8Cl2N2O3/c15-12-7-9(13(16)8-17)1-6-14(12)21-11-4-2-10(3-5-11)18(19)20/h1-7,13H. The first-order valence-corrected chi connectivity index (χ1v) is 6.58. The van der Waals surface area contributed by atoms with E-state index < -0.39 is 10.3 Å². The van der Waals surface area contributed by atoms with Crippen LogP contribution < -0.4 is 4.74 Å². The summed E-state index contributed by atoms with van der Waals surface area (Å²) in [5, 5.41) is 18.8. The zero-order chi connectivity index (χ0) is 15.4. The van der Waals surface area contributed by atoms with Gasteiger partial charge in [0.1, 0.15) is 16.9 Å². The maximum atomic E-state index is 10.6. The van der Waals surface area contributed by atoms with Gasteiger partial charge in [-0.05, 0) is 29.8 Å². The molecule has 21 heavy (non-hydrogen) atoms. The lowest BCUT2D eigenvalue weighted by atomic mass is 10.1. The number of halogens is 2. The van der Waals surface area contributed by atoms with Crippen molar-refractivity contribution in [2.24, 2.45) is 0 Å².